The number of allylic oxidation sites excluding steroid dienone is 1. The molecule has 0 aliphatic heterocycles. The van der Waals surface area contributed by atoms with Gasteiger partial charge in [0.15, 0.2) is 5.78 Å². The van der Waals surface area contributed by atoms with Gasteiger partial charge in [-0.15, -0.1) is 12.3 Å². The van der Waals surface area contributed by atoms with Crippen molar-refractivity contribution in [2.45, 2.75) is 52.5 Å². The smallest absolute Gasteiger partial charge is 0.255 e. The second-order valence-electron chi connectivity index (χ2n) is 7.29. The fourth-order valence-electron chi connectivity index (χ4n) is 3.12. The van der Waals surface area contributed by atoms with Crippen LogP contribution in [0.3, 0.4) is 0 Å². The third-order valence-corrected chi connectivity index (χ3v) is 5.02. The fourth-order valence-corrected chi connectivity index (χ4v) is 3.12. The summed E-state index contributed by atoms with van der Waals surface area (Å²) in [4.78, 5) is 49.9. The number of primary amides is 1. The maximum Gasteiger partial charge on any atom is 0.255 e. The number of carbonyl (C=O) groups is 4. The van der Waals surface area contributed by atoms with Crippen LogP contribution in [0.1, 0.15) is 47.0 Å². The van der Waals surface area contributed by atoms with Crippen LogP contribution in [0.5, 0.6) is 0 Å². The molecule has 6 nitrogen and oxygen atoms in total. The molecule has 2 N–H and O–H groups in total. The summed E-state index contributed by atoms with van der Waals surface area (Å²) in [6.07, 6.45) is 4.44. The monoisotopic (exact) mass is 384 g/mol. The molecule has 0 bridgehead atoms. The summed E-state index contributed by atoms with van der Waals surface area (Å²) in [7, 11) is 1.67. The zero-order valence-corrected chi connectivity index (χ0v) is 17.2. The highest BCUT2D eigenvalue weighted by atomic mass is 16.2. The van der Waals surface area contributed by atoms with Gasteiger partial charge in [-0.2, -0.15) is 0 Å². The van der Waals surface area contributed by atoms with E-state index in [0.717, 1.165) is 5.57 Å². The molecule has 6 heteroatoms. The molecule has 0 aromatic heterocycles. The Labute approximate surface area is 166 Å². The van der Waals surface area contributed by atoms with Crippen LogP contribution in [-0.4, -0.2) is 41.4 Å². The average molecular weight is 384 g/mol. The van der Waals surface area contributed by atoms with Crippen LogP contribution < -0.4 is 5.73 Å². The summed E-state index contributed by atoms with van der Waals surface area (Å²) in [5, 5.41) is 0. The minimum absolute atomic E-state index is 0.0570. The Bertz CT molecular complexity index is 854. The Morgan fingerprint density at radius 3 is 2.32 bits per heavy atom. The first-order valence-electron chi connectivity index (χ1n) is 9.07. The van der Waals surface area contributed by atoms with Gasteiger partial charge in [0.05, 0.1) is 11.1 Å². The quantitative estimate of drug-likeness (QED) is 0.375. The van der Waals surface area contributed by atoms with Crippen molar-refractivity contribution in [3.63, 3.8) is 0 Å². The molecule has 0 spiro atoms. The van der Waals surface area contributed by atoms with Crippen molar-refractivity contribution in [3.8, 4) is 0 Å². The van der Waals surface area contributed by atoms with Gasteiger partial charge in [-0.3, -0.25) is 14.4 Å². The van der Waals surface area contributed by atoms with Crippen LogP contribution in [0, 0.1) is 0 Å². The molecule has 0 fully saturated rings. The summed E-state index contributed by atoms with van der Waals surface area (Å²) < 4.78 is 0. The molecule has 0 saturated carbocycles. The van der Waals surface area contributed by atoms with E-state index in [-0.39, 0.29) is 34.8 Å². The predicted molar refractivity (Wildman–Crippen MR) is 108 cm³/mol. The second-order valence-corrected chi connectivity index (χ2v) is 7.29. The number of hydrogen-bond acceptors (Lipinski definition) is 4. The highest BCUT2D eigenvalue weighted by molar-refractivity contribution is 6.10. The van der Waals surface area contributed by atoms with E-state index < -0.39 is 11.4 Å². The maximum atomic E-state index is 13.3. The SMILES string of the molecule is C=C(C)CC(C)(CC)N(C)C(=O)C1=CC(C(N)=O)=C(C(C)=O)C=C=C1CC=O. The van der Waals surface area contributed by atoms with Crippen LogP contribution in [-0.2, 0) is 19.2 Å². The number of nitrogens with two attached hydrogens (primary N) is 1. The molecule has 1 rings (SSSR count). The van der Waals surface area contributed by atoms with Gasteiger partial charge in [-0.05, 0) is 45.8 Å². The first kappa shape index (κ1) is 23.1. The number of amides is 2. The lowest BCUT2D eigenvalue weighted by Gasteiger charge is -2.39. The largest absolute Gasteiger partial charge is 0.366 e. The van der Waals surface area contributed by atoms with Crippen molar-refractivity contribution in [1.82, 2.24) is 4.90 Å². The molecule has 150 valence electrons. The van der Waals surface area contributed by atoms with Gasteiger partial charge in [0.2, 0.25) is 5.91 Å². The molecule has 0 aromatic carbocycles. The predicted octanol–water partition coefficient (Wildman–Crippen LogP) is 2.56. The van der Waals surface area contributed by atoms with Gasteiger partial charge in [-0.25, -0.2) is 0 Å². The number of rotatable bonds is 9. The van der Waals surface area contributed by atoms with E-state index >= 15 is 0 Å². The van der Waals surface area contributed by atoms with E-state index in [0.29, 0.717) is 24.7 Å². The number of likely N-dealkylation sites (N-methyl/N-ethyl adjacent to an activating group) is 1. The molecule has 1 atom stereocenters. The summed E-state index contributed by atoms with van der Waals surface area (Å²) in [6, 6.07) is 0. The van der Waals surface area contributed by atoms with Crippen LogP contribution in [0.4, 0.5) is 0 Å². The molecular formula is C22H28N2O4. The normalized spacial score (nSPS) is 15.8. The summed E-state index contributed by atoms with van der Waals surface area (Å²) in [5.41, 5.74) is 9.11. The average Bonchev–Trinajstić information content (AvgIpc) is 2.80. The summed E-state index contributed by atoms with van der Waals surface area (Å²) in [5.74, 6) is -1.60. The Morgan fingerprint density at radius 2 is 1.89 bits per heavy atom. The first-order valence-corrected chi connectivity index (χ1v) is 9.07. The zero-order valence-electron chi connectivity index (χ0n) is 17.2. The molecule has 1 unspecified atom stereocenters. The molecule has 0 radical (unpaired) electrons. The number of carbonyl (C=O) groups excluding carboxylic acids is 4. The standard InChI is InChI=1S/C22H28N2O4/c1-7-22(5,13-14(2)3)24(6)21(28)18-12-19(20(23)27)17(15(4)26)9-8-16(18)10-11-25/h9,11-12H,2,7,10,13H2,1,3-6H3,(H2,23,27). The van der Waals surface area contributed by atoms with Crippen molar-refractivity contribution in [2.24, 2.45) is 5.73 Å². The highest BCUT2D eigenvalue weighted by Gasteiger charge is 2.34. The molecule has 28 heavy (non-hydrogen) atoms. The Hall–Kier alpha value is -2.98. The van der Waals surface area contributed by atoms with Gasteiger partial charge in [-0.1, -0.05) is 12.5 Å². The van der Waals surface area contributed by atoms with Crippen molar-refractivity contribution in [1.29, 1.82) is 0 Å². The van der Waals surface area contributed by atoms with E-state index in [4.69, 9.17) is 5.73 Å². The first-order chi connectivity index (χ1) is 13.0. The summed E-state index contributed by atoms with van der Waals surface area (Å²) in [6.45, 7) is 11.0. The molecule has 0 saturated heterocycles. The van der Waals surface area contributed by atoms with Gasteiger partial charge in [0.25, 0.3) is 5.91 Å². The van der Waals surface area contributed by atoms with Gasteiger partial charge < -0.3 is 15.4 Å². The lowest BCUT2D eigenvalue weighted by atomic mass is 9.88. The second kappa shape index (κ2) is 9.29. The van der Waals surface area contributed by atoms with Crippen molar-refractivity contribution >= 4 is 23.9 Å². The molecule has 0 aromatic rings. The van der Waals surface area contributed by atoms with E-state index in [2.05, 4.69) is 12.3 Å². The van der Waals surface area contributed by atoms with E-state index in [9.17, 15) is 19.2 Å². The minimum Gasteiger partial charge on any atom is -0.366 e. The topological polar surface area (TPSA) is 97.5 Å². The lowest BCUT2D eigenvalue weighted by molar-refractivity contribution is -0.130. The molecule has 0 heterocycles. The van der Waals surface area contributed by atoms with E-state index in [1.165, 1.54) is 19.1 Å². The number of aldehydes is 1. The molecule has 2 amide bonds. The zero-order chi connectivity index (χ0) is 21.6. The Morgan fingerprint density at radius 1 is 1.29 bits per heavy atom. The fraction of sp³-hybridized carbons (Fsp3) is 0.409. The van der Waals surface area contributed by atoms with Crippen molar-refractivity contribution in [2.75, 3.05) is 7.05 Å². The third-order valence-electron chi connectivity index (χ3n) is 5.02. The van der Waals surface area contributed by atoms with Crippen molar-refractivity contribution < 1.29 is 19.2 Å². The van der Waals surface area contributed by atoms with Crippen LogP contribution >= 0.6 is 0 Å². The highest BCUT2D eigenvalue weighted by Crippen LogP contribution is 2.30. The number of hydrogen-bond donors (Lipinski definition) is 1. The number of nitrogens with zero attached hydrogens (tertiary/aromatic N) is 1. The number of ketones is 1. The summed E-state index contributed by atoms with van der Waals surface area (Å²) >= 11 is 0. The van der Waals surface area contributed by atoms with Crippen LogP contribution in [0.2, 0.25) is 0 Å². The van der Waals surface area contributed by atoms with Gasteiger partial charge >= 0.3 is 0 Å². The van der Waals surface area contributed by atoms with Crippen molar-refractivity contribution in [3.05, 3.63) is 52.3 Å². The van der Waals surface area contributed by atoms with Crippen LogP contribution in [0.25, 0.3) is 0 Å². The maximum absolute atomic E-state index is 13.3. The molecule has 1 aliphatic carbocycles. The molecular weight excluding hydrogens is 356 g/mol. The van der Waals surface area contributed by atoms with Gasteiger partial charge in [0.1, 0.15) is 6.29 Å². The number of Topliss-reactive ketones (excluding diaryl/α,β-unsaturated/α-hetero) is 1. The molecule has 1 aliphatic rings. The van der Waals surface area contributed by atoms with E-state index in [1.807, 2.05) is 20.8 Å². The Balaban J connectivity index is 3.61. The minimum atomic E-state index is -0.830. The van der Waals surface area contributed by atoms with Gasteiger partial charge in [0, 0.05) is 30.2 Å². The Kier molecular flexibility index (Phi) is 7.65. The third kappa shape index (κ3) is 5.05. The van der Waals surface area contributed by atoms with E-state index in [1.54, 1.807) is 11.9 Å². The lowest BCUT2D eigenvalue weighted by Crippen LogP contribution is -2.47. The van der Waals surface area contributed by atoms with Crippen LogP contribution in [0.15, 0.2) is 52.3 Å².